The molecule has 0 aromatic carbocycles. The van der Waals surface area contributed by atoms with Gasteiger partial charge in [-0.05, 0) is 18.0 Å². The Kier molecular flexibility index (Phi) is 5.67. The molecule has 11 heteroatoms. The molecule has 0 aliphatic rings. The number of aliphatic imine (C=N–C) groups is 1. The van der Waals surface area contributed by atoms with Gasteiger partial charge in [0.15, 0.2) is 6.04 Å². The smallest absolute Gasteiger partial charge is 0.329 e. The van der Waals surface area contributed by atoms with Gasteiger partial charge in [-0.15, -0.1) is 5.10 Å². The summed E-state index contributed by atoms with van der Waals surface area (Å²) in [5.74, 6) is -2.69. The van der Waals surface area contributed by atoms with Gasteiger partial charge in [-0.25, -0.2) is 4.79 Å². The first-order valence-electron chi connectivity index (χ1n) is 5.67. The molecule has 0 spiro atoms. The summed E-state index contributed by atoms with van der Waals surface area (Å²) in [4.78, 5) is 25.3. The van der Waals surface area contributed by atoms with Gasteiger partial charge in [0.2, 0.25) is 0 Å². The number of hydrogen-bond acceptors (Lipinski definition) is 7. The molecule has 116 valence electrons. The molecular weight excluding hydrogens is 304 g/mol. The van der Waals surface area contributed by atoms with Gasteiger partial charge in [-0.2, -0.15) is 0 Å². The van der Waals surface area contributed by atoms with Crippen molar-refractivity contribution in [2.24, 2.45) is 4.99 Å². The fraction of sp³-hybridized carbons (Fsp3) is 0.500. The van der Waals surface area contributed by atoms with Crippen molar-refractivity contribution in [2.75, 3.05) is 0 Å². The van der Waals surface area contributed by atoms with Crippen molar-refractivity contribution in [1.29, 1.82) is 0 Å². The predicted molar refractivity (Wildman–Crippen MR) is 69.5 cm³/mol. The molecule has 0 aliphatic carbocycles. The van der Waals surface area contributed by atoms with E-state index in [1.807, 2.05) is 0 Å². The lowest BCUT2D eigenvalue weighted by Crippen LogP contribution is -2.50. The molecule has 1 aromatic heterocycles. The second-order valence-electron chi connectivity index (χ2n) is 4.32. The normalized spacial score (nSPS) is 17.2. The Morgan fingerprint density at radius 2 is 2.24 bits per heavy atom. The minimum Gasteiger partial charge on any atom is -0.772 e. The Labute approximate surface area is 121 Å². The molecule has 2 N–H and O–H groups in total. The van der Waals surface area contributed by atoms with Crippen LogP contribution in [-0.4, -0.2) is 62.9 Å². The minimum atomic E-state index is -2.80. The molecule has 10 nitrogen and oxygen atoms in total. The van der Waals surface area contributed by atoms with E-state index in [1.165, 1.54) is 24.0 Å². The molecule has 1 unspecified atom stereocenters. The number of carboxylic acids is 2. The Hall–Kier alpha value is -2.14. The highest BCUT2D eigenvalue weighted by molar-refractivity contribution is 7.80. The molecule has 0 saturated heterocycles. The van der Waals surface area contributed by atoms with Crippen LogP contribution < -0.4 is 0 Å². The van der Waals surface area contributed by atoms with Gasteiger partial charge in [0.1, 0.15) is 0 Å². The summed E-state index contributed by atoms with van der Waals surface area (Å²) in [6.45, 7) is 0.902. The Morgan fingerprint density at radius 3 is 2.67 bits per heavy atom. The van der Waals surface area contributed by atoms with E-state index in [9.17, 15) is 23.5 Å². The van der Waals surface area contributed by atoms with E-state index >= 15 is 0 Å². The number of aliphatic carboxylic acids is 2. The second-order valence-corrected chi connectivity index (χ2v) is 5.72. The molecule has 1 aromatic rings. The molecule has 0 bridgehead atoms. The summed E-state index contributed by atoms with van der Waals surface area (Å²) in [5, 5.41) is 24.8. The maximum atomic E-state index is 11.5. The Morgan fingerprint density at radius 1 is 1.57 bits per heavy atom. The molecular formula is C10H13N4O6S-. The van der Waals surface area contributed by atoms with Crippen LogP contribution in [0.25, 0.3) is 0 Å². The zero-order valence-corrected chi connectivity index (χ0v) is 11.8. The standard InChI is InChI=1S/C10H14N4O6S/c1-10(21(19)20,6-14-5-4-12-13-14)8(9(17)18)11-3-2-7(15)16/h3-5,8H,2,6H2,1H3,(H,15,16)(H,17,18)(H,19,20)/p-1/t8-,10-/m0/s1. The Balaban J connectivity index is 3.07. The highest BCUT2D eigenvalue weighted by atomic mass is 32.2. The highest BCUT2D eigenvalue weighted by Crippen LogP contribution is 2.23. The van der Waals surface area contributed by atoms with Crippen LogP contribution in [0.4, 0.5) is 0 Å². The van der Waals surface area contributed by atoms with Crippen molar-refractivity contribution >= 4 is 29.2 Å². The zero-order valence-electron chi connectivity index (χ0n) is 10.9. The van der Waals surface area contributed by atoms with E-state index in [0.717, 1.165) is 6.21 Å². The molecule has 0 fully saturated rings. The first kappa shape index (κ1) is 16.9. The summed E-state index contributed by atoms with van der Waals surface area (Å²) < 4.78 is 22.3. The summed E-state index contributed by atoms with van der Waals surface area (Å²) >= 11 is -2.80. The molecule has 1 heterocycles. The van der Waals surface area contributed by atoms with E-state index in [2.05, 4.69) is 15.3 Å². The maximum absolute atomic E-state index is 11.5. The second kappa shape index (κ2) is 7.04. The topological polar surface area (TPSA) is 158 Å². The van der Waals surface area contributed by atoms with E-state index in [4.69, 9.17) is 5.11 Å². The molecule has 0 amide bonds. The van der Waals surface area contributed by atoms with E-state index in [1.54, 1.807) is 0 Å². The molecule has 1 rings (SSSR count). The lowest BCUT2D eigenvalue weighted by atomic mass is 10.0. The van der Waals surface area contributed by atoms with Gasteiger partial charge in [0, 0.05) is 12.4 Å². The summed E-state index contributed by atoms with van der Waals surface area (Å²) in [7, 11) is 0. The number of carbonyl (C=O) groups is 2. The van der Waals surface area contributed by atoms with Crippen LogP contribution in [0, 0.1) is 0 Å². The fourth-order valence-electron chi connectivity index (χ4n) is 1.59. The lowest BCUT2D eigenvalue weighted by molar-refractivity contribution is -0.139. The maximum Gasteiger partial charge on any atom is 0.329 e. The molecule has 21 heavy (non-hydrogen) atoms. The van der Waals surface area contributed by atoms with Crippen LogP contribution in [0.3, 0.4) is 0 Å². The van der Waals surface area contributed by atoms with Gasteiger partial charge < -0.3 is 14.8 Å². The predicted octanol–water partition coefficient (Wildman–Crippen LogP) is -1.09. The molecule has 3 atom stereocenters. The molecule has 0 aliphatic heterocycles. The van der Waals surface area contributed by atoms with Gasteiger partial charge in [0.05, 0.1) is 23.9 Å². The third-order valence-electron chi connectivity index (χ3n) is 2.66. The first-order chi connectivity index (χ1) is 9.77. The van der Waals surface area contributed by atoms with Crippen LogP contribution in [0.1, 0.15) is 13.3 Å². The summed E-state index contributed by atoms with van der Waals surface area (Å²) in [6.07, 6.45) is 3.06. The van der Waals surface area contributed by atoms with Crippen molar-refractivity contribution in [3.8, 4) is 0 Å². The van der Waals surface area contributed by atoms with Gasteiger partial charge in [0.25, 0.3) is 0 Å². The third kappa shape index (κ3) is 4.43. The number of aromatic nitrogens is 3. The number of nitrogens with zero attached hydrogens (tertiary/aromatic N) is 4. The molecule has 0 radical (unpaired) electrons. The number of carboxylic acid groups (broad SMARTS) is 2. The lowest BCUT2D eigenvalue weighted by Gasteiger charge is -2.34. The van der Waals surface area contributed by atoms with E-state index < -0.39 is 40.2 Å². The Bertz CT molecular complexity index is 560. The van der Waals surface area contributed by atoms with Crippen LogP contribution in [0.15, 0.2) is 17.4 Å². The first-order valence-corrected chi connectivity index (χ1v) is 6.74. The summed E-state index contributed by atoms with van der Waals surface area (Å²) in [6, 6.07) is -1.67. The van der Waals surface area contributed by atoms with Gasteiger partial charge >= 0.3 is 11.9 Å². The van der Waals surface area contributed by atoms with Crippen molar-refractivity contribution in [2.45, 2.75) is 30.7 Å². The SMILES string of the molecule is C[C@](Cn1ccnn1)([C@@H](N=CCC(=O)O)C(=O)O)S(=O)[O-]. The largest absolute Gasteiger partial charge is 0.772 e. The average molecular weight is 317 g/mol. The number of hydrogen-bond donors (Lipinski definition) is 2. The number of rotatable bonds is 8. The highest BCUT2D eigenvalue weighted by Gasteiger charge is 2.41. The van der Waals surface area contributed by atoms with E-state index in [0.29, 0.717) is 0 Å². The van der Waals surface area contributed by atoms with Gasteiger partial charge in [-0.3, -0.25) is 18.7 Å². The van der Waals surface area contributed by atoms with Crippen LogP contribution in [-0.2, 0) is 27.2 Å². The van der Waals surface area contributed by atoms with Crippen LogP contribution in [0.5, 0.6) is 0 Å². The monoisotopic (exact) mass is 317 g/mol. The van der Waals surface area contributed by atoms with Crippen molar-refractivity contribution in [3.63, 3.8) is 0 Å². The van der Waals surface area contributed by atoms with Crippen molar-refractivity contribution in [3.05, 3.63) is 12.4 Å². The van der Waals surface area contributed by atoms with Gasteiger partial charge in [-0.1, -0.05) is 5.21 Å². The molecule has 0 saturated carbocycles. The quantitative estimate of drug-likeness (QED) is 0.452. The van der Waals surface area contributed by atoms with Crippen molar-refractivity contribution in [1.82, 2.24) is 15.0 Å². The fourth-order valence-corrected chi connectivity index (χ4v) is 2.17. The zero-order chi connectivity index (χ0) is 16.0. The van der Waals surface area contributed by atoms with E-state index in [-0.39, 0.29) is 6.54 Å². The minimum absolute atomic E-state index is 0.287. The van der Waals surface area contributed by atoms with Crippen LogP contribution in [0.2, 0.25) is 0 Å². The third-order valence-corrected chi connectivity index (χ3v) is 3.78. The van der Waals surface area contributed by atoms with Crippen LogP contribution >= 0.6 is 0 Å². The van der Waals surface area contributed by atoms with Crippen molar-refractivity contribution < 1.29 is 28.6 Å². The average Bonchev–Trinajstić information content (AvgIpc) is 2.86. The summed E-state index contributed by atoms with van der Waals surface area (Å²) in [5.41, 5.74) is 0.